The third-order valence-electron chi connectivity index (χ3n) is 0. The molecule has 0 aliphatic heterocycles. The normalized spacial score (nSPS) is 7.45. The summed E-state index contributed by atoms with van der Waals surface area (Å²) in [4.78, 5) is 8.36. The van der Waals surface area contributed by atoms with Crippen LogP contribution >= 0.6 is 0 Å². The molecular formula is HKNNaO7S. The SMILES string of the molecule is O=S(=O)([O-])[O-].O=[N+]([O-])O.[K+].[Na+]. The van der Waals surface area contributed by atoms with Crippen molar-refractivity contribution in [2.75, 3.05) is 0 Å². The zero-order chi connectivity index (χ0) is 8.08. The smallest absolute Gasteiger partial charge is 0.759 e. The Bertz CT molecular complexity index is 161. The molecule has 0 spiro atoms. The average Bonchev–Trinajstić information content (AvgIpc) is 1.19. The summed E-state index contributed by atoms with van der Waals surface area (Å²) in [5, 5.41) is 13.6. The molecule has 0 rings (SSSR count). The molecule has 0 saturated carbocycles. The molecule has 1 N–H and O–H groups in total. The van der Waals surface area contributed by atoms with E-state index in [0.717, 1.165) is 0 Å². The van der Waals surface area contributed by atoms with Crippen molar-refractivity contribution in [1.29, 1.82) is 0 Å². The second-order valence-electron chi connectivity index (χ2n) is 0.646. The molecule has 0 atom stereocenters. The van der Waals surface area contributed by atoms with E-state index < -0.39 is 15.5 Å². The van der Waals surface area contributed by atoms with Gasteiger partial charge in [-0.25, -0.2) is 0 Å². The van der Waals surface area contributed by atoms with Crippen LogP contribution in [-0.2, 0) is 10.4 Å². The van der Waals surface area contributed by atoms with E-state index in [1.165, 1.54) is 0 Å². The summed E-state index contributed by atoms with van der Waals surface area (Å²) >= 11 is 0. The first-order chi connectivity index (χ1) is 3.73. The van der Waals surface area contributed by atoms with Gasteiger partial charge in [-0.1, -0.05) is 0 Å². The van der Waals surface area contributed by atoms with Gasteiger partial charge >= 0.3 is 80.9 Å². The Morgan fingerprint density at radius 2 is 1.27 bits per heavy atom. The van der Waals surface area contributed by atoms with Gasteiger partial charge in [-0.2, -0.15) is 0 Å². The van der Waals surface area contributed by atoms with Gasteiger partial charge in [0.25, 0.3) is 5.09 Å². The number of hydrogen-bond acceptors (Lipinski definition) is 6. The van der Waals surface area contributed by atoms with Crippen LogP contribution in [0.25, 0.3) is 0 Å². The molecule has 0 fully saturated rings. The van der Waals surface area contributed by atoms with Gasteiger partial charge in [0.05, 0.1) is 0 Å². The van der Waals surface area contributed by atoms with Gasteiger partial charge in [-0.05, 0) is 0 Å². The standard InChI is InChI=1S/K.HNO3.Na.H2O4S/c;2-1(3)4;;1-5(2,3)4/h;(H,2,3,4);;(H2,1,2,3,4)/q+1;;+1;/p-2. The van der Waals surface area contributed by atoms with Crippen LogP contribution in [0.3, 0.4) is 0 Å². The van der Waals surface area contributed by atoms with Crippen molar-refractivity contribution in [3.63, 3.8) is 0 Å². The Morgan fingerprint density at radius 1 is 1.27 bits per heavy atom. The Balaban J connectivity index is -0.0000000383. The van der Waals surface area contributed by atoms with Gasteiger partial charge in [-0.3, -0.25) is 8.42 Å². The van der Waals surface area contributed by atoms with Crippen LogP contribution in [-0.4, -0.2) is 27.8 Å². The molecule has 0 unspecified atom stereocenters. The van der Waals surface area contributed by atoms with Gasteiger partial charge in [-0.15, -0.1) is 10.1 Å². The molecule has 0 aromatic rings. The third kappa shape index (κ3) is 379. The van der Waals surface area contributed by atoms with Crippen LogP contribution in [0.2, 0.25) is 0 Å². The van der Waals surface area contributed by atoms with Crippen LogP contribution in [0.1, 0.15) is 0 Å². The molecule has 8 nitrogen and oxygen atoms in total. The zero-order valence-electron chi connectivity index (χ0n) is 5.75. The molecule has 11 heavy (non-hydrogen) atoms. The van der Waals surface area contributed by atoms with E-state index in [9.17, 15) is 0 Å². The molecule has 0 saturated heterocycles. The number of hydrogen-bond donors (Lipinski definition) is 1. The van der Waals surface area contributed by atoms with Crippen molar-refractivity contribution >= 4 is 10.4 Å². The summed E-state index contributed by atoms with van der Waals surface area (Å²) in [5.74, 6) is 0. The molecule has 0 aromatic carbocycles. The first kappa shape index (κ1) is 23.0. The topological polar surface area (TPSA) is 144 Å². The molecule has 0 aliphatic carbocycles. The molecule has 56 valence electrons. The predicted molar refractivity (Wildman–Crippen MR) is 19.3 cm³/mol. The van der Waals surface area contributed by atoms with E-state index in [0.29, 0.717) is 0 Å². The minimum absolute atomic E-state index is 0. The van der Waals surface area contributed by atoms with Crippen LogP contribution in [0.5, 0.6) is 0 Å². The summed E-state index contributed by atoms with van der Waals surface area (Å²) in [5.41, 5.74) is 0. The summed E-state index contributed by atoms with van der Waals surface area (Å²) in [7, 11) is -5.17. The van der Waals surface area contributed by atoms with Crippen LogP contribution in [0.4, 0.5) is 0 Å². The molecule has 11 heteroatoms. The van der Waals surface area contributed by atoms with Gasteiger partial charge in [0.1, 0.15) is 0 Å². The van der Waals surface area contributed by atoms with Crippen LogP contribution < -0.4 is 80.9 Å². The summed E-state index contributed by atoms with van der Waals surface area (Å²) in [6.07, 6.45) is 0. The second-order valence-corrected chi connectivity index (χ2v) is 1.46. The van der Waals surface area contributed by atoms with E-state index in [4.69, 9.17) is 32.8 Å². The maximum Gasteiger partial charge on any atom is 1.00 e. The minimum atomic E-state index is -5.17. The van der Waals surface area contributed by atoms with Crippen molar-refractivity contribution in [3.05, 3.63) is 10.1 Å². The fraction of sp³-hybridized carbons (Fsp3) is 0. The van der Waals surface area contributed by atoms with E-state index in [-0.39, 0.29) is 80.9 Å². The fourth-order valence-electron chi connectivity index (χ4n) is 0. The third-order valence-corrected chi connectivity index (χ3v) is 0. The van der Waals surface area contributed by atoms with Crippen molar-refractivity contribution in [2.45, 2.75) is 0 Å². The van der Waals surface area contributed by atoms with E-state index in [2.05, 4.69) is 0 Å². The maximum atomic E-state index is 8.52. The number of rotatable bonds is 0. The van der Waals surface area contributed by atoms with E-state index >= 15 is 0 Å². The van der Waals surface area contributed by atoms with Crippen LogP contribution in [0, 0.1) is 10.1 Å². The van der Waals surface area contributed by atoms with Crippen molar-refractivity contribution < 1.29 is 109 Å². The Morgan fingerprint density at radius 3 is 1.27 bits per heavy atom. The first-order valence-corrected chi connectivity index (χ1v) is 2.57. The molecule has 0 bridgehead atoms. The van der Waals surface area contributed by atoms with Gasteiger partial charge in [0.15, 0.2) is 0 Å². The minimum Gasteiger partial charge on any atom is -0.759 e. The fourth-order valence-corrected chi connectivity index (χ4v) is 0. The van der Waals surface area contributed by atoms with Crippen LogP contribution in [0.15, 0.2) is 0 Å². The van der Waals surface area contributed by atoms with Gasteiger partial charge in [0.2, 0.25) is 0 Å². The molecule has 0 heterocycles. The largest absolute Gasteiger partial charge is 1.00 e. The summed E-state index contributed by atoms with van der Waals surface area (Å²) < 4.78 is 34.1. The zero-order valence-corrected chi connectivity index (χ0v) is 11.7. The Labute approximate surface area is 127 Å². The first-order valence-electron chi connectivity index (χ1n) is 1.23. The van der Waals surface area contributed by atoms with E-state index in [1.807, 2.05) is 0 Å². The van der Waals surface area contributed by atoms with Crippen molar-refractivity contribution in [2.24, 2.45) is 0 Å². The molecule has 0 aliphatic rings. The van der Waals surface area contributed by atoms with Gasteiger partial charge < -0.3 is 14.3 Å². The monoisotopic (exact) mass is 221 g/mol. The molecule has 0 radical (unpaired) electrons. The predicted octanol–water partition coefficient (Wildman–Crippen LogP) is -7.68. The summed E-state index contributed by atoms with van der Waals surface area (Å²) in [6, 6.07) is 0. The second kappa shape index (κ2) is 11.7. The Hall–Kier alpha value is 1.71. The van der Waals surface area contributed by atoms with Gasteiger partial charge in [0, 0.05) is 10.4 Å². The summed E-state index contributed by atoms with van der Waals surface area (Å²) in [6.45, 7) is 0. The Kier molecular flexibility index (Phi) is 24.4. The molecule has 0 aromatic heterocycles. The molecule has 0 amide bonds. The average molecular weight is 221 g/mol. The quantitative estimate of drug-likeness (QED) is 0.140. The maximum absolute atomic E-state index is 8.52. The van der Waals surface area contributed by atoms with E-state index in [1.54, 1.807) is 0 Å². The molecular weight excluding hydrogens is 220 g/mol. The number of nitrogens with zero attached hydrogens (tertiary/aromatic N) is 1. The van der Waals surface area contributed by atoms with Crippen molar-refractivity contribution in [1.82, 2.24) is 0 Å². The van der Waals surface area contributed by atoms with Crippen molar-refractivity contribution in [3.8, 4) is 0 Å².